The molecule has 1 aromatic carbocycles. The molecule has 0 saturated heterocycles. The average molecular weight is 223 g/mol. The van der Waals surface area contributed by atoms with Crippen molar-refractivity contribution in [2.24, 2.45) is 0 Å². The molecular formula is C13H17ClN+. The normalized spacial score (nSPS) is 18.2. The Labute approximate surface area is 96.4 Å². The van der Waals surface area contributed by atoms with E-state index in [4.69, 9.17) is 11.6 Å². The predicted octanol–water partition coefficient (Wildman–Crippen LogP) is 3.76. The Morgan fingerprint density at radius 2 is 2.00 bits per heavy atom. The van der Waals surface area contributed by atoms with Crippen molar-refractivity contribution in [1.82, 2.24) is 0 Å². The van der Waals surface area contributed by atoms with Crippen LogP contribution in [0.4, 0.5) is 5.69 Å². The smallest absolute Gasteiger partial charge is 0.199 e. The third-order valence-corrected chi connectivity index (χ3v) is 3.78. The molecule has 0 N–H and O–H groups in total. The fourth-order valence-electron chi connectivity index (χ4n) is 2.36. The second kappa shape index (κ2) is 3.34. The molecule has 0 aliphatic carbocycles. The molecular weight excluding hydrogens is 206 g/mol. The van der Waals surface area contributed by atoms with Gasteiger partial charge in [-0.1, -0.05) is 11.6 Å². The van der Waals surface area contributed by atoms with Crippen LogP contribution in [0.15, 0.2) is 18.2 Å². The standard InChI is InChI=1S/C13H17ClN/c1-5-15-9(2)13(3,4)11-8-10(14)6-7-12(11)15/h6-8H,5H2,1-4H3/q+1. The van der Waals surface area contributed by atoms with Crippen LogP contribution in [-0.4, -0.2) is 16.8 Å². The molecule has 2 rings (SSSR count). The molecule has 1 heterocycles. The summed E-state index contributed by atoms with van der Waals surface area (Å²) in [7, 11) is 0. The molecule has 0 fully saturated rings. The van der Waals surface area contributed by atoms with Crippen LogP contribution in [-0.2, 0) is 5.41 Å². The summed E-state index contributed by atoms with van der Waals surface area (Å²) in [6, 6.07) is 6.19. The Bertz CT molecular complexity index is 444. The number of hydrogen-bond donors (Lipinski definition) is 0. The zero-order chi connectivity index (χ0) is 11.2. The number of nitrogens with zero attached hydrogens (tertiary/aromatic N) is 1. The van der Waals surface area contributed by atoms with E-state index in [1.54, 1.807) is 0 Å². The molecule has 0 saturated carbocycles. The molecule has 0 bridgehead atoms. The van der Waals surface area contributed by atoms with Gasteiger partial charge >= 0.3 is 0 Å². The molecule has 0 unspecified atom stereocenters. The summed E-state index contributed by atoms with van der Waals surface area (Å²) in [5.74, 6) is 0. The summed E-state index contributed by atoms with van der Waals surface area (Å²) in [6.45, 7) is 9.92. The maximum atomic E-state index is 6.06. The van der Waals surface area contributed by atoms with E-state index in [0.717, 1.165) is 11.6 Å². The molecule has 80 valence electrons. The average Bonchev–Trinajstić information content (AvgIpc) is 2.37. The Balaban J connectivity index is 2.70. The van der Waals surface area contributed by atoms with Gasteiger partial charge in [0.25, 0.3) is 0 Å². The molecule has 0 amide bonds. The van der Waals surface area contributed by atoms with Gasteiger partial charge in [0.2, 0.25) is 5.69 Å². The number of benzene rings is 1. The van der Waals surface area contributed by atoms with Gasteiger partial charge in [0, 0.05) is 23.6 Å². The number of hydrogen-bond acceptors (Lipinski definition) is 0. The van der Waals surface area contributed by atoms with Crippen molar-refractivity contribution >= 4 is 23.0 Å². The molecule has 1 aromatic rings. The van der Waals surface area contributed by atoms with E-state index >= 15 is 0 Å². The Hall–Kier alpha value is -0.820. The second-order valence-electron chi connectivity index (χ2n) is 4.62. The van der Waals surface area contributed by atoms with Crippen LogP contribution in [0.5, 0.6) is 0 Å². The molecule has 15 heavy (non-hydrogen) atoms. The minimum absolute atomic E-state index is 0.107. The SMILES string of the molecule is CC[N+]1=C(C)C(C)(C)c2cc(Cl)ccc21. The number of fused-ring (bicyclic) bond motifs is 1. The highest BCUT2D eigenvalue weighted by Crippen LogP contribution is 2.40. The topological polar surface area (TPSA) is 3.01 Å². The van der Waals surface area contributed by atoms with Crippen LogP contribution in [0, 0.1) is 0 Å². The van der Waals surface area contributed by atoms with E-state index in [-0.39, 0.29) is 5.41 Å². The van der Waals surface area contributed by atoms with Gasteiger partial charge in [0.15, 0.2) is 5.71 Å². The van der Waals surface area contributed by atoms with Crippen molar-refractivity contribution in [3.63, 3.8) is 0 Å². The van der Waals surface area contributed by atoms with E-state index < -0.39 is 0 Å². The lowest BCUT2D eigenvalue weighted by atomic mass is 9.82. The van der Waals surface area contributed by atoms with Gasteiger partial charge in [-0.2, -0.15) is 4.58 Å². The quantitative estimate of drug-likeness (QED) is 0.637. The molecule has 0 spiro atoms. The van der Waals surface area contributed by atoms with Crippen LogP contribution >= 0.6 is 11.6 Å². The molecule has 1 aliphatic rings. The van der Waals surface area contributed by atoms with Crippen molar-refractivity contribution in [2.75, 3.05) is 6.54 Å². The van der Waals surface area contributed by atoms with E-state index in [2.05, 4.69) is 44.4 Å². The maximum absolute atomic E-state index is 6.06. The van der Waals surface area contributed by atoms with Crippen molar-refractivity contribution < 1.29 is 4.58 Å². The van der Waals surface area contributed by atoms with Gasteiger partial charge in [-0.25, -0.2) is 0 Å². The van der Waals surface area contributed by atoms with Crippen molar-refractivity contribution in [3.8, 4) is 0 Å². The van der Waals surface area contributed by atoms with Crippen molar-refractivity contribution in [2.45, 2.75) is 33.1 Å². The lowest BCUT2D eigenvalue weighted by Crippen LogP contribution is -2.26. The molecule has 2 heteroatoms. The first-order valence-corrected chi connectivity index (χ1v) is 5.78. The highest BCUT2D eigenvalue weighted by molar-refractivity contribution is 6.30. The van der Waals surface area contributed by atoms with Gasteiger partial charge < -0.3 is 0 Å². The maximum Gasteiger partial charge on any atom is 0.209 e. The van der Waals surface area contributed by atoms with Gasteiger partial charge in [-0.3, -0.25) is 0 Å². The predicted molar refractivity (Wildman–Crippen MR) is 65.6 cm³/mol. The second-order valence-corrected chi connectivity index (χ2v) is 5.05. The van der Waals surface area contributed by atoms with Gasteiger partial charge in [-0.15, -0.1) is 0 Å². The highest BCUT2D eigenvalue weighted by Gasteiger charge is 2.42. The first kappa shape index (κ1) is 10.7. The van der Waals surface area contributed by atoms with E-state index in [9.17, 15) is 0 Å². The molecule has 0 atom stereocenters. The fraction of sp³-hybridized carbons (Fsp3) is 0.462. The monoisotopic (exact) mass is 222 g/mol. The van der Waals surface area contributed by atoms with E-state index in [1.165, 1.54) is 17.0 Å². The van der Waals surface area contributed by atoms with Crippen LogP contribution in [0.3, 0.4) is 0 Å². The zero-order valence-electron chi connectivity index (χ0n) is 9.76. The van der Waals surface area contributed by atoms with Crippen LogP contribution < -0.4 is 0 Å². The minimum Gasteiger partial charge on any atom is -0.199 e. The number of halogens is 1. The first-order valence-electron chi connectivity index (χ1n) is 5.40. The third-order valence-electron chi connectivity index (χ3n) is 3.55. The Morgan fingerprint density at radius 1 is 1.33 bits per heavy atom. The number of rotatable bonds is 1. The summed E-state index contributed by atoms with van der Waals surface area (Å²) < 4.78 is 2.37. The summed E-state index contributed by atoms with van der Waals surface area (Å²) in [5, 5.41) is 0.826. The van der Waals surface area contributed by atoms with Crippen molar-refractivity contribution in [1.29, 1.82) is 0 Å². The molecule has 1 aliphatic heterocycles. The van der Waals surface area contributed by atoms with Crippen LogP contribution in [0.25, 0.3) is 0 Å². The minimum atomic E-state index is 0.107. The van der Waals surface area contributed by atoms with Gasteiger partial charge in [0.1, 0.15) is 6.54 Å². The van der Waals surface area contributed by atoms with Crippen molar-refractivity contribution in [3.05, 3.63) is 28.8 Å². The summed E-state index contributed by atoms with van der Waals surface area (Å²) >= 11 is 6.06. The third kappa shape index (κ3) is 1.41. The zero-order valence-corrected chi connectivity index (χ0v) is 10.5. The fourth-order valence-corrected chi connectivity index (χ4v) is 2.54. The molecule has 1 nitrogen and oxygen atoms in total. The van der Waals surface area contributed by atoms with E-state index in [1.807, 2.05) is 6.07 Å². The summed E-state index contributed by atoms with van der Waals surface area (Å²) in [5.41, 5.74) is 4.16. The van der Waals surface area contributed by atoms with Crippen LogP contribution in [0.2, 0.25) is 5.02 Å². The largest absolute Gasteiger partial charge is 0.209 e. The van der Waals surface area contributed by atoms with Crippen LogP contribution in [0.1, 0.15) is 33.3 Å². The summed E-state index contributed by atoms with van der Waals surface area (Å²) in [6.07, 6.45) is 0. The lowest BCUT2D eigenvalue weighted by molar-refractivity contribution is -0.434. The Morgan fingerprint density at radius 3 is 2.60 bits per heavy atom. The first-order chi connectivity index (χ1) is 6.98. The van der Waals surface area contributed by atoms with Gasteiger partial charge in [0.05, 0.1) is 5.41 Å². The van der Waals surface area contributed by atoms with Gasteiger partial charge in [-0.05, 0) is 32.9 Å². The van der Waals surface area contributed by atoms with E-state index in [0.29, 0.717) is 0 Å². The molecule has 0 aromatic heterocycles. The lowest BCUT2D eigenvalue weighted by Gasteiger charge is -2.14. The Kier molecular flexibility index (Phi) is 2.38. The summed E-state index contributed by atoms with van der Waals surface area (Å²) in [4.78, 5) is 0. The molecule has 0 radical (unpaired) electrons. The highest BCUT2D eigenvalue weighted by atomic mass is 35.5.